The Balaban J connectivity index is 1.61. The third-order valence-corrected chi connectivity index (χ3v) is 4.87. The molecule has 26 heavy (non-hydrogen) atoms. The molecule has 0 saturated heterocycles. The number of rotatable bonds is 7. The lowest BCUT2D eigenvalue weighted by molar-refractivity contribution is 0.274. The van der Waals surface area contributed by atoms with Gasteiger partial charge in [-0.15, -0.1) is 10.2 Å². The van der Waals surface area contributed by atoms with Gasteiger partial charge in [-0.05, 0) is 36.4 Å². The monoisotopic (exact) mass is 392 g/mol. The molecule has 0 bridgehead atoms. The third kappa shape index (κ3) is 5.05. The lowest BCUT2D eigenvalue weighted by atomic mass is 10.2. The maximum Gasteiger partial charge on any atom is 0.397 e. The summed E-state index contributed by atoms with van der Waals surface area (Å²) in [7, 11) is -2.63. The van der Waals surface area contributed by atoms with Gasteiger partial charge >= 0.3 is 10.4 Å². The van der Waals surface area contributed by atoms with Gasteiger partial charge in [0.1, 0.15) is 0 Å². The highest BCUT2D eigenvalue weighted by atomic mass is 32.3. The second kappa shape index (κ2) is 7.87. The molecule has 0 saturated carbocycles. The lowest BCUT2D eigenvalue weighted by Gasteiger charge is -2.18. The third-order valence-electron chi connectivity index (χ3n) is 3.48. The molecule has 136 valence electrons. The van der Waals surface area contributed by atoms with Crippen LogP contribution in [-0.2, 0) is 14.6 Å². The zero-order valence-corrected chi connectivity index (χ0v) is 15.4. The molecule has 0 spiro atoms. The Morgan fingerprint density at radius 2 is 1.88 bits per heavy atom. The first-order chi connectivity index (χ1) is 12.4. The highest BCUT2D eigenvalue weighted by molar-refractivity contribution is 7.80. The number of nitrogens with zero attached hydrogens (tertiary/aromatic N) is 4. The van der Waals surface area contributed by atoms with E-state index in [0.717, 1.165) is 15.9 Å². The molecule has 0 aliphatic carbocycles. The maximum absolute atomic E-state index is 10.5. The first kappa shape index (κ1) is 18.4. The number of fused-ring (bicyclic) bond motifs is 1. The van der Waals surface area contributed by atoms with E-state index in [4.69, 9.17) is 4.55 Å². The SMILES string of the molecule is CN(CCOS(=O)(=O)O)c1ccc(N=Nc2nc3ccccc3s2)cc1. The number of azo groups is 1. The van der Waals surface area contributed by atoms with Crippen molar-refractivity contribution in [2.75, 3.05) is 25.1 Å². The Labute approximate surface area is 154 Å². The summed E-state index contributed by atoms with van der Waals surface area (Å²) in [5.74, 6) is 0. The minimum Gasteiger partial charge on any atom is -0.372 e. The molecule has 0 unspecified atom stereocenters. The average Bonchev–Trinajstić information content (AvgIpc) is 3.02. The number of aromatic nitrogens is 1. The Morgan fingerprint density at radius 1 is 1.15 bits per heavy atom. The molecule has 1 heterocycles. The number of likely N-dealkylation sites (N-methyl/N-ethyl adjacent to an activating group) is 1. The standard InChI is InChI=1S/C16H16N4O4S2/c1-20(10-11-24-26(21,22)23)13-8-6-12(7-9-13)18-19-16-17-14-4-2-3-5-15(14)25-16/h2-9H,10-11H2,1H3,(H,21,22,23). The van der Waals surface area contributed by atoms with Crippen LogP contribution in [0, 0.1) is 0 Å². The van der Waals surface area contributed by atoms with E-state index >= 15 is 0 Å². The first-order valence-electron chi connectivity index (χ1n) is 7.61. The molecule has 0 amide bonds. The van der Waals surface area contributed by atoms with Crippen LogP contribution in [0.5, 0.6) is 0 Å². The van der Waals surface area contributed by atoms with E-state index in [-0.39, 0.29) is 6.61 Å². The van der Waals surface area contributed by atoms with Crippen LogP contribution < -0.4 is 4.90 Å². The fourth-order valence-electron chi connectivity index (χ4n) is 2.19. The molecule has 0 radical (unpaired) electrons. The van der Waals surface area contributed by atoms with Crippen molar-refractivity contribution in [3.05, 3.63) is 48.5 Å². The van der Waals surface area contributed by atoms with Gasteiger partial charge in [-0.25, -0.2) is 9.17 Å². The summed E-state index contributed by atoms with van der Waals surface area (Å²) in [5, 5.41) is 8.95. The van der Waals surface area contributed by atoms with Gasteiger partial charge in [0, 0.05) is 19.3 Å². The predicted octanol–water partition coefficient (Wildman–Crippen LogP) is 3.97. The summed E-state index contributed by atoms with van der Waals surface area (Å²) in [4.78, 5) is 6.18. The lowest BCUT2D eigenvalue weighted by Crippen LogP contribution is -2.23. The van der Waals surface area contributed by atoms with Gasteiger partial charge in [0.15, 0.2) is 0 Å². The normalized spacial score (nSPS) is 12.1. The van der Waals surface area contributed by atoms with E-state index in [1.807, 2.05) is 36.4 Å². The summed E-state index contributed by atoms with van der Waals surface area (Å²) in [6, 6.07) is 15.1. The number of thiazole rings is 1. The van der Waals surface area contributed by atoms with Gasteiger partial charge in [-0.1, -0.05) is 23.5 Å². The first-order valence-corrected chi connectivity index (χ1v) is 9.79. The molecule has 10 heteroatoms. The molecule has 0 aliphatic heterocycles. The summed E-state index contributed by atoms with van der Waals surface area (Å²) in [6.45, 7) is 0.154. The Bertz CT molecular complexity index is 983. The Hall–Kier alpha value is -2.40. The van der Waals surface area contributed by atoms with Crippen LogP contribution in [0.3, 0.4) is 0 Å². The van der Waals surface area contributed by atoms with E-state index in [2.05, 4.69) is 19.4 Å². The molecule has 1 aromatic heterocycles. The van der Waals surface area contributed by atoms with Crippen molar-refractivity contribution in [3.8, 4) is 0 Å². The van der Waals surface area contributed by atoms with Crippen LogP contribution in [0.2, 0.25) is 0 Å². The molecule has 3 rings (SSSR count). The van der Waals surface area contributed by atoms with Crippen LogP contribution >= 0.6 is 11.3 Å². The van der Waals surface area contributed by atoms with E-state index in [1.165, 1.54) is 11.3 Å². The average molecular weight is 392 g/mol. The molecular formula is C16H16N4O4S2. The van der Waals surface area contributed by atoms with E-state index < -0.39 is 10.4 Å². The van der Waals surface area contributed by atoms with Gasteiger partial charge < -0.3 is 4.90 Å². The fraction of sp³-hybridized carbons (Fsp3) is 0.188. The van der Waals surface area contributed by atoms with E-state index in [9.17, 15) is 8.42 Å². The van der Waals surface area contributed by atoms with Crippen molar-refractivity contribution in [1.82, 2.24) is 4.98 Å². The van der Waals surface area contributed by atoms with Crippen LogP contribution in [0.4, 0.5) is 16.5 Å². The van der Waals surface area contributed by atoms with Crippen molar-refractivity contribution in [1.29, 1.82) is 0 Å². The minimum atomic E-state index is -4.41. The van der Waals surface area contributed by atoms with Crippen molar-refractivity contribution in [3.63, 3.8) is 0 Å². The fourth-order valence-corrected chi connectivity index (χ4v) is 3.26. The van der Waals surface area contributed by atoms with Gasteiger partial charge in [0.25, 0.3) is 0 Å². The minimum absolute atomic E-state index is 0.144. The summed E-state index contributed by atoms with van der Waals surface area (Å²) in [5.41, 5.74) is 2.43. The quantitative estimate of drug-likeness (QED) is 0.482. The Kier molecular flexibility index (Phi) is 5.57. The molecule has 2 aromatic carbocycles. The van der Waals surface area contributed by atoms with Gasteiger partial charge in [0.05, 0.1) is 22.5 Å². The molecule has 0 aliphatic rings. The second-order valence-corrected chi connectivity index (χ2v) is 7.45. The number of benzene rings is 2. The second-order valence-electron chi connectivity index (χ2n) is 5.35. The molecule has 3 aromatic rings. The van der Waals surface area contributed by atoms with Crippen molar-refractivity contribution < 1.29 is 17.2 Å². The van der Waals surface area contributed by atoms with Crippen LogP contribution in [-0.4, -0.2) is 38.2 Å². The van der Waals surface area contributed by atoms with Gasteiger partial charge in [0.2, 0.25) is 5.13 Å². The summed E-state index contributed by atoms with van der Waals surface area (Å²) >= 11 is 1.47. The predicted molar refractivity (Wildman–Crippen MR) is 101 cm³/mol. The zero-order chi connectivity index (χ0) is 18.6. The van der Waals surface area contributed by atoms with Crippen molar-refractivity contribution in [2.24, 2.45) is 10.2 Å². The van der Waals surface area contributed by atoms with Crippen molar-refractivity contribution >= 4 is 48.5 Å². The maximum atomic E-state index is 10.5. The number of para-hydroxylation sites is 1. The zero-order valence-electron chi connectivity index (χ0n) is 13.8. The van der Waals surface area contributed by atoms with E-state index in [1.54, 1.807) is 24.1 Å². The molecule has 8 nitrogen and oxygen atoms in total. The van der Waals surface area contributed by atoms with E-state index in [0.29, 0.717) is 17.4 Å². The highest BCUT2D eigenvalue weighted by Crippen LogP contribution is 2.29. The highest BCUT2D eigenvalue weighted by Gasteiger charge is 2.06. The summed E-state index contributed by atoms with van der Waals surface area (Å²) in [6.07, 6.45) is 0. The topological polar surface area (TPSA) is 104 Å². The molecule has 1 N–H and O–H groups in total. The molecular weight excluding hydrogens is 376 g/mol. The van der Waals surface area contributed by atoms with Crippen LogP contribution in [0.25, 0.3) is 10.2 Å². The Morgan fingerprint density at radius 3 is 2.58 bits per heavy atom. The molecule has 0 fully saturated rings. The largest absolute Gasteiger partial charge is 0.397 e. The van der Waals surface area contributed by atoms with Crippen LogP contribution in [0.1, 0.15) is 0 Å². The summed E-state index contributed by atoms with van der Waals surface area (Å²) < 4.78 is 35.0. The van der Waals surface area contributed by atoms with Gasteiger partial charge in [-0.2, -0.15) is 8.42 Å². The van der Waals surface area contributed by atoms with Gasteiger partial charge in [-0.3, -0.25) is 4.55 Å². The van der Waals surface area contributed by atoms with Crippen molar-refractivity contribution in [2.45, 2.75) is 0 Å². The smallest absolute Gasteiger partial charge is 0.372 e. The number of anilines is 1. The number of hydrogen-bond acceptors (Lipinski definition) is 8. The number of hydrogen-bond donors (Lipinski definition) is 1. The van der Waals surface area contributed by atoms with Crippen LogP contribution in [0.15, 0.2) is 58.8 Å². The molecule has 0 atom stereocenters.